The van der Waals surface area contributed by atoms with Crippen molar-refractivity contribution in [2.45, 2.75) is 26.3 Å². The zero-order chi connectivity index (χ0) is 13.5. The molecule has 1 unspecified atom stereocenters. The average Bonchev–Trinajstić information content (AvgIpc) is 2.74. The number of carbonyl (C=O) groups is 1. The SMILES string of the molecule is CCCNC(=O)CN(C)C(CN)c1ccc(C)s1. The van der Waals surface area contributed by atoms with Crippen molar-refractivity contribution in [2.24, 2.45) is 5.73 Å². The van der Waals surface area contributed by atoms with E-state index in [2.05, 4.69) is 24.4 Å². The highest BCUT2D eigenvalue weighted by molar-refractivity contribution is 7.12. The molecule has 4 nitrogen and oxygen atoms in total. The van der Waals surface area contributed by atoms with Crippen LogP contribution < -0.4 is 11.1 Å². The van der Waals surface area contributed by atoms with E-state index in [0.29, 0.717) is 13.1 Å². The average molecular weight is 269 g/mol. The lowest BCUT2D eigenvalue weighted by Crippen LogP contribution is -2.39. The van der Waals surface area contributed by atoms with Gasteiger partial charge in [-0.1, -0.05) is 6.92 Å². The van der Waals surface area contributed by atoms with Crippen LogP contribution in [0, 0.1) is 6.92 Å². The Kier molecular flexibility index (Phi) is 6.32. The molecular weight excluding hydrogens is 246 g/mol. The summed E-state index contributed by atoms with van der Waals surface area (Å²) in [5, 5.41) is 2.88. The summed E-state index contributed by atoms with van der Waals surface area (Å²) in [7, 11) is 1.94. The molecule has 0 saturated carbocycles. The van der Waals surface area contributed by atoms with Crippen LogP contribution in [0.25, 0.3) is 0 Å². The Bertz CT molecular complexity index is 378. The highest BCUT2D eigenvalue weighted by atomic mass is 32.1. The smallest absolute Gasteiger partial charge is 0.234 e. The van der Waals surface area contributed by atoms with E-state index in [4.69, 9.17) is 5.73 Å². The minimum Gasteiger partial charge on any atom is -0.355 e. The highest BCUT2D eigenvalue weighted by Gasteiger charge is 2.19. The van der Waals surface area contributed by atoms with Gasteiger partial charge in [0.2, 0.25) is 5.91 Å². The van der Waals surface area contributed by atoms with Gasteiger partial charge in [0.15, 0.2) is 0 Å². The van der Waals surface area contributed by atoms with Crippen LogP contribution in [0.1, 0.15) is 29.1 Å². The molecule has 102 valence electrons. The molecule has 1 heterocycles. The number of hydrogen-bond acceptors (Lipinski definition) is 4. The molecule has 1 atom stereocenters. The van der Waals surface area contributed by atoms with E-state index in [1.807, 2.05) is 18.9 Å². The lowest BCUT2D eigenvalue weighted by Gasteiger charge is -2.25. The molecule has 0 aliphatic carbocycles. The number of nitrogens with two attached hydrogens (primary N) is 1. The summed E-state index contributed by atoms with van der Waals surface area (Å²) in [6.45, 7) is 5.77. The first kappa shape index (κ1) is 15.1. The third kappa shape index (κ3) is 4.40. The number of nitrogens with zero attached hydrogens (tertiary/aromatic N) is 1. The Hall–Kier alpha value is -0.910. The van der Waals surface area contributed by atoms with Gasteiger partial charge in [-0.25, -0.2) is 0 Å². The first-order valence-corrected chi connectivity index (χ1v) is 7.13. The van der Waals surface area contributed by atoms with Gasteiger partial charge >= 0.3 is 0 Å². The van der Waals surface area contributed by atoms with Crippen LogP contribution in [0.15, 0.2) is 12.1 Å². The van der Waals surface area contributed by atoms with E-state index < -0.39 is 0 Å². The zero-order valence-corrected chi connectivity index (χ0v) is 12.2. The molecule has 0 spiro atoms. The molecule has 0 radical (unpaired) electrons. The molecule has 0 aliphatic rings. The number of rotatable bonds is 7. The van der Waals surface area contributed by atoms with Gasteiger partial charge in [-0.15, -0.1) is 11.3 Å². The molecule has 1 amide bonds. The minimum absolute atomic E-state index is 0.0612. The van der Waals surface area contributed by atoms with Crippen LogP contribution in [0.5, 0.6) is 0 Å². The quantitative estimate of drug-likeness (QED) is 0.789. The Balaban J connectivity index is 2.57. The first-order valence-electron chi connectivity index (χ1n) is 6.31. The van der Waals surface area contributed by atoms with Gasteiger partial charge in [0.05, 0.1) is 12.6 Å². The maximum atomic E-state index is 11.7. The van der Waals surface area contributed by atoms with Crippen LogP contribution in [-0.2, 0) is 4.79 Å². The number of aryl methyl sites for hydroxylation is 1. The van der Waals surface area contributed by atoms with E-state index in [1.54, 1.807) is 11.3 Å². The van der Waals surface area contributed by atoms with Gasteiger partial charge in [-0.3, -0.25) is 9.69 Å². The topological polar surface area (TPSA) is 58.4 Å². The molecule has 0 fully saturated rings. The summed E-state index contributed by atoms with van der Waals surface area (Å²) in [6, 6.07) is 4.31. The second-order valence-electron chi connectivity index (χ2n) is 4.46. The van der Waals surface area contributed by atoms with Crippen LogP contribution in [-0.4, -0.2) is 37.5 Å². The van der Waals surface area contributed by atoms with Crippen molar-refractivity contribution in [1.29, 1.82) is 0 Å². The maximum Gasteiger partial charge on any atom is 0.234 e. The Morgan fingerprint density at radius 1 is 1.56 bits per heavy atom. The third-order valence-corrected chi connectivity index (χ3v) is 3.91. The molecule has 3 N–H and O–H groups in total. The molecule has 0 aromatic carbocycles. The van der Waals surface area contributed by atoms with Crippen LogP contribution >= 0.6 is 11.3 Å². The van der Waals surface area contributed by atoms with Gasteiger partial charge in [0, 0.05) is 22.8 Å². The number of thiophene rings is 1. The number of nitrogens with one attached hydrogen (secondary N) is 1. The minimum atomic E-state index is 0.0612. The fraction of sp³-hybridized carbons (Fsp3) is 0.615. The number of carbonyl (C=O) groups excluding carboxylic acids is 1. The molecule has 0 bridgehead atoms. The molecule has 0 aliphatic heterocycles. The van der Waals surface area contributed by atoms with Crippen molar-refractivity contribution in [3.05, 3.63) is 21.9 Å². The van der Waals surface area contributed by atoms with E-state index >= 15 is 0 Å². The summed E-state index contributed by atoms with van der Waals surface area (Å²) in [6.07, 6.45) is 0.958. The molecule has 18 heavy (non-hydrogen) atoms. The predicted molar refractivity (Wildman–Crippen MR) is 76.8 cm³/mol. The second kappa shape index (κ2) is 7.51. The molecule has 0 saturated heterocycles. The monoisotopic (exact) mass is 269 g/mol. The standard InChI is InChI=1S/C13H23N3OS/c1-4-7-15-13(17)9-16(3)11(8-14)12-6-5-10(2)18-12/h5-6,11H,4,7-9,14H2,1-3H3,(H,15,17). The second-order valence-corrected chi connectivity index (χ2v) is 5.78. The highest BCUT2D eigenvalue weighted by Crippen LogP contribution is 2.25. The van der Waals surface area contributed by atoms with Gasteiger partial charge in [-0.05, 0) is 32.5 Å². The Morgan fingerprint density at radius 3 is 2.78 bits per heavy atom. The summed E-state index contributed by atoms with van der Waals surface area (Å²) >= 11 is 1.74. The normalized spacial score (nSPS) is 12.7. The Morgan fingerprint density at radius 2 is 2.28 bits per heavy atom. The van der Waals surface area contributed by atoms with E-state index in [-0.39, 0.29) is 11.9 Å². The fourth-order valence-corrected chi connectivity index (χ4v) is 2.86. The van der Waals surface area contributed by atoms with Crippen molar-refractivity contribution < 1.29 is 4.79 Å². The zero-order valence-electron chi connectivity index (χ0n) is 11.4. The van der Waals surface area contributed by atoms with E-state index in [0.717, 1.165) is 13.0 Å². The van der Waals surface area contributed by atoms with Gasteiger partial charge < -0.3 is 11.1 Å². The fourth-order valence-electron chi connectivity index (χ4n) is 1.80. The number of hydrogen-bond donors (Lipinski definition) is 2. The van der Waals surface area contributed by atoms with E-state index in [9.17, 15) is 4.79 Å². The molecular formula is C13H23N3OS. The number of amides is 1. The summed E-state index contributed by atoms with van der Waals surface area (Å²) in [5.41, 5.74) is 5.82. The van der Waals surface area contributed by atoms with Crippen molar-refractivity contribution in [2.75, 3.05) is 26.7 Å². The van der Waals surface area contributed by atoms with Crippen LogP contribution in [0.2, 0.25) is 0 Å². The maximum absolute atomic E-state index is 11.7. The van der Waals surface area contributed by atoms with Gasteiger partial charge in [0.25, 0.3) is 0 Å². The van der Waals surface area contributed by atoms with E-state index in [1.165, 1.54) is 9.75 Å². The predicted octanol–water partition coefficient (Wildman–Crippen LogP) is 1.51. The van der Waals surface area contributed by atoms with Gasteiger partial charge in [-0.2, -0.15) is 0 Å². The largest absolute Gasteiger partial charge is 0.355 e. The van der Waals surface area contributed by atoms with Crippen LogP contribution in [0.3, 0.4) is 0 Å². The van der Waals surface area contributed by atoms with Crippen molar-refractivity contribution in [3.63, 3.8) is 0 Å². The van der Waals surface area contributed by atoms with Crippen molar-refractivity contribution in [1.82, 2.24) is 10.2 Å². The first-order chi connectivity index (χ1) is 8.58. The molecule has 1 rings (SSSR count). The lowest BCUT2D eigenvalue weighted by molar-refractivity contribution is -0.122. The Labute approximate surface area is 113 Å². The molecule has 1 aromatic heterocycles. The summed E-state index contributed by atoms with van der Waals surface area (Å²) in [5.74, 6) is 0.0612. The van der Waals surface area contributed by atoms with Crippen molar-refractivity contribution in [3.8, 4) is 0 Å². The lowest BCUT2D eigenvalue weighted by atomic mass is 10.2. The summed E-state index contributed by atoms with van der Waals surface area (Å²) < 4.78 is 0. The van der Waals surface area contributed by atoms with Gasteiger partial charge in [0.1, 0.15) is 0 Å². The summed E-state index contributed by atoms with van der Waals surface area (Å²) in [4.78, 5) is 16.2. The van der Waals surface area contributed by atoms with Crippen LogP contribution in [0.4, 0.5) is 0 Å². The van der Waals surface area contributed by atoms with Crippen molar-refractivity contribution >= 4 is 17.2 Å². The molecule has 1 aromatic rings. The number of likely N-dealkylation sites (N-methyl/N-ethyl adjacent to an activating group) is 1. The third-order valence-electron chi connectivity index (χ3n) is 2.81. The molecule has 5 heteroatoms.